The number of carbonyl (C=O) groups is 1. The largest absolute Gasteiger partial charge is 0.350 e. The summed E-state index contributed by atoms with van der Waals surface area (Å²) in [6, 6.07) is 1.80. The fraction of sp³-hybridized carbons (Fsp3) is 0.733. The van der Waals surface area contributed by atoms with Crippen molar-refractivity contribution in [1.82, 2.24) is 20.0 Å². The lowest BCUT2D eigenvalue weighted by Gasteiger charge is -2.31. The molecule has 1 aliphatic heterocycles. The quantitative estimate of drug-likeness (QED) is 0.862. The predicted octanol–water partition coefficient (Wildman–Crippen LogP) is 1.75. The van der Waals surface area contributed by atoms with E-state index < -0.39 is 0 Å². The van der Waals surface area contributed by atoms with Crippen LogP contribution in [0.2, 0.25) is 0 Å². The van der Waals surface area contributed by atoms with Gasteiger partial charge in [-0.2, -0.15) is 5.10 Å². The number of piperidine rings is 1. The van der Waals surface area contributed by atoms with Crippen LogP contribution < -0.4 is 5.32 Å². The SMILES string of the molecule is CCCn1nccc1C(=O)NC[C@@H]1CCCN(CC)C1. The Morgan fingerprint density at radius 2 is 2.35 bits per heavy atom. The second-order valence-corrected chi connectivity index (χ2v) is 5.55. The topological polar surface area (TPSA) is 50.2 Å². The molecule has 5 heteroatoms. The van der Waals surface area contributed by atoms with E-state index in [-0.39, 0.29) is 5.91 Å². The van der Waals surface area contributed by atoms with Gasteiger partial charge >= 0.3 is 0 Å². The van der Waals surface area contributed by atoms with Gasteiger partial charge < -0.3 is 10.2 Å². The zero-order chi connectivity index (χ0) is 14.4. The standard InChI is InChI=1S/C15H26N4O/c1-3-9-19-14(7-8-17-19)15(20)16-11-13-6-5-10-18(4-2)12-13/h7-8,13H,3-6,9-12H2,1-2H3,(H,16,20)/t13-/m0/s1. The van der Waals surface area contributed by atoms with Gasteiger partial charge in [0, 0.05) is 25.8 Å². The molecule has 1 fully saturated rings. The van der Waals surface area contributed by atoms with Crippen LogP contribution in [-0.4, -0.2) is 46.8 Å². The molecule has 1 aromatic rings. The highest BCUT2D eigenvalue weighted by atomic mass is 16.2. The summed E-state index contributed by atoms with van der Waals surface area (Å²) in [5, 5.41) is 7.27. The molecular weight excluding hydrogens is 252 g/mol. The van der Waals surface area contributed by atoms with E-state index in [4.69, 9.17) is 0 Å². The van der Waals surface area contributed by atoms with Crippen molar-refractivity contribution in [3.05, 3.63) is 18.0 Å². The molecule has 1 saturated heterocycles. The van der Waals surface area contributed by atoms with Crippen molar-refractivity contribution in [1.29, 1.82) is 0 Å². The van der Waals surface area contributed by atoms with Crippen LogP contribution in [0, 0.1) is 5.92 Å². The van der Waals surface area contributed by atoms with Crippen LogP contribution in [-0.2, 0) is 6.54 Å². The Morgan fingerprint density at radius 3 is 3.10 bits per heavy atom. The highest BCUT2D eigenvalue weighted by molar-refractivity contribution is 5.92. The van der Waals surface area contributed by atoms with E-state index in [0.717, 1.165) is 32.6 Å². The lowest BCUT2D eigenvalue weighted by Crippen LogP contribution is -2.41. The summed E-state index contributed by atoms with van der Waals surface area (Å²) < 4.78 is 1.79. The van der Waals surface area contributed by atoms with Gasteiger partial charge in [0.2, 0.25) is 0 Å². The number of nitrogens with one attached hydrogen (secondary N) is 1. The first-order chi connectivity index (χ1) is 9.74. The normalized spacial score (nSPS) is 20.0. The number of amides is 1. The van der Waals surface area contributed by atoms with Crippen LogP contribution in [0.4, 0.5) is 0 Å². The number of nitrogens with zero attached hydrogens (tertiary/aromatic N) is 3. The van der Waals surface area contributed by atoms with Gasteiger partial charge in [-0.3, -0.25) is 9.48 Å². The van der Waals surface area contributed by atoms with Crippen molar-refractivity contribution >= 4 is 5.91 Å². The minimum Gasteiger partial charge on any atom is -0.350 e. The molecule has 0 unspecified atom stereocenters. The molecule has 1 atom stereocenters. The Labute approximate surface area is 121 Å². The van der Waals surface area contributed by atoms with Gasteiger partial charge in [-0.05, 0) is 44.3 Å². The Kier molecular flexibility index (Phi) is 5.59. The van der Waals surface area contributed by atoms with Crippen LogP contribution >= 0.6 is 0 Å². The third-order valence-electron chi connectivity index (χ3n) is 3.99. The maximum atomic E-state index is 12.2. The maximum absolute atomic E-state index is 12.2. The molecule has 2 rings (SSSR count). The van der Waals surface area contributed by atoms with E-state index in [2.05, 4.69) is 29.2 Å². The minimum absolute atomic E-state index is 0.00423. The van der Waals surface area contributed by atoms with Crippen molar-refractivity contribution in [2.45, 2.75) is 39.7 Å². The highest BCUT2D eigenvalue weighted by Gasteiger charge is 2.20. The summed E-state index contributed by atoms with van der Waals surface area (Å²) in [6.45, 7) is 9.26. The molecular formula is C15H26N4O. The first-order valence-corrected chi connectivity index (χ1v) is 7.77. The Bertz CT molecular complexity index is 429. The molecule has 0 radical (unpaired) electrons. The van der Waals surface area contributed by atoms with Gasteiger partial charge in [0.15, 0.2) is 0 Å². The molecule has 1 aliphatic rings. The first-order valence-electron chi connectivity index (χ1n) is 7.77. The van der Waals surface area contributed by atoms with Crippen molar-refractivity contribution in [2.75, 3.05) is 26.2 Å². The lowest BCUT2D eigenvalue weighted by molar-refractivity contribution is 0.0922. The predicted molar refractivity (Wildman–Crippen MR) is 79.7 cm³/mol. The van der Waals surface area contributed by atoms with Gasteiger partial charge in [0.1, 0.15) is 5.69 Å². The zero-order valence-corrected chi connectivity index (χ0v) is 12.6. The molecule has 0 saturated carbocycles. The maximum Gasteiger partial charge on any atom is 0.269 e. The molecule has 5 nitrogen and oxygen atoms in total. The second-order valence-electron chi connectivity index (χ2n) is 5.55. The number of hydrogen-bond donors (Lipinski definition) is 1. The van der Waals surface area contributed by atoms with Gasteiger partial charge in [0.05, 0.1) is 0 Å². The Morgan fingerprint density at radius 1 is 1.50 bits per heavy atom. The Balaban J connectivity index is 1.84. The van der Waals surface area contributed by atoms with Crippen LogP contribution in [0.15, 0.2) is 12.3 Å². The van der Waals surface area contributed by atoms with E-state index >= 15 is 0 Å². The van der Waals surface area contributed by atoms with Crippen molar-refractivity contribution in [3.8, 4) is 0 Å². The third-order valence-corrected chi connectivity index (χ3v) is 3.99. The summed E-state index contributed by atoms with van der Waals surface area (Å²) in [5.74, 6) is 0.583. The first kappa shape index (κ1) is 15.0. The van der Waals surface area contributed by atoms with Crippen molar-refractivity contribution in [2.24, 2.45) is 5.92 Å². The van der Waals surface area contributed by atoms with Crippen LogP contribution in [0.1, 0.15) is 43.6 Å². The summed E-state index contributed by atoms with van der Waals surface area (Å²) in [4.78, 5) is 14.7. The summed E-state index contributed by atoms with van der Waals surface area (Å²) in [5.41, 5.74) is 0.676. The molecule has 1 N–H and O–H groups in total. The average Bonchev–Trinajstić information content (AvgIpc) is 2.94. The molecule has 1 amide bonds. The average molecular weight is 278 g/mol. The van der Waals surface area contributed by atoms with E-state index in [9.17, 15) is 4.79 Å². The number of rotatable bonds is 6. The van der Waals surface area contributed by atoms with Gasteiger partial charge in [0.25, 0.3) is 5.91 Å². The van der Waals surface area contributed by atoms with Crippen molar-refractivity contribution in [3.63, 3.8) is 0 Å². The number of likely N-dealkylation sites (tertiary alicyclic amines) is 1. The highest BCUT2D eigenvalue weighted by Crippen LogP contribution is 2.15. The summed E-state index contributed by atoms with van der Waals surface area (Å²) in [6.07, 6.45) is 5.13. The smallest absolute Gasteiger partial charge is 0.269 e. The lowest BCUT2D eigenvalue weighted by atomic mass is 9.98. The van der Waals surface area contributed by atoms with Gasteiger partial charge in [-0.15, -0.1) is 0 Å². The third kappa shape index (κ3) is 3.82. The van der Waals surface area contributed by atoms with Crippen molar-refractivity contribution < 1.29 is 4.79 Å². The fourth-order valence-electron chi connectivity index (χ4n) is 2.85. The van der Waals surface area contributed by atoms with Crippen LogP contribution in [0.3, 0.4) is 0 Å². The van der Waals surface area contributed by atoms with E-state index in [1.807, 2.05) is 0 Å². The monoisotopic (exact) mass is 278 g/mol. The number of aryl methyl sites for hydroxylation is 1. The molecule has 20 heavy (non-hydrogen) atoms. The van der Waals surface area contributed by atoms with E-state index in [0.29, 0.717) is 11.6 Å². The number of hydrogen-bond acceptors (Lipinski definition) is 3. The molecule has 2 heterocycles. The molecule has 1 aromatic heterocycles. The molecule has 0 bridgehead atoms. The molecule has 0 spiro atoms. The number of carbonyl (C=O) groups excluding carboxylic acids is 1. The fourth-order valence-corrected chi connectivity index (χ4v) is 2.85. The van der Waals surface area contributed by atoms with Crippen LogP contribution in [0.25, 0.3) is 0 Å². The summed E-state index contributed by atoms with van der Waals surface area (Å²) >= 11 is 0. The van der Waals surface area contributed by atoms with Crippen LogP contribution in [0.5, 0.6) is 0 Å². The number of aromatic nitrogens is 2. The molecule has 0 aliphatic carbocycles. The Hall–Kier alpha value is -1.36. The second kappa shape index (κ2) is 7.43. The van der Waals surface area contributed by atoms with Gasteiger partial charge in [-0.1, -0.05) is 13.8 Å². The zero-order valence-electron chi connectivity index (χ0n) is 12.6. The molecule has 0 aromatic carbocycles. The van der Waals surface area contributed by atoms with E-state index in [1.54, 1.807) is 16.9 Å². The minimum atomic E-state index is 0.00423. The van der Waals surface area contributed by atoms with E-state index in [1.165, 1.54) is 19.4 Å². The summed E-state index contributed by atoms with van der Waals surface area (Å²) in [7, 11) is 0. The van der Waals surface area contributed by atoms with Gasteiger partial charge in [-0.25, -0.2) is 0 Å². The molecule has 112 valence electrons.